The third-order valence-corrected chi connectivity index (χ3v) is 5.22. The maximum absolute atomic E-state index is 13.2. The second-order valence-corrected chi connectivity index (χ2v) is 7.73. The van der Waals surface area contributed by atoms with Crippen LogP contribution in [0.2, 0.25) is 5.02 Å². The van der Waals surface area contributed by atoms with E-state index >= 15 is 0 Å². The number of hydrogen-bond acceptors (Lipinski definition) is 3. The van der Waals surface area contributed by atoms with Crippen molar-refractivity contribution in [3.63, 3.8) is 0 Å². The maximum atomic E-state index is 13.2. The number of aromatic hydroxyl groups is 1. The summed E-state index contributed by atoms with van der Waals surface area (Å²) >= 11 is 6.21. The lowest BCUT2D eigenvalue weighted by Gasteiger charge is -2.23. The number of unbranched alkanes of at least 4 members (excludes halogenated alkanes) is 2. The van der Waals surface area contributed by atoms with Crippen LogP contribution in [0.15, 0.2) is 42.5 Å². The molecule has 0 atom stereocenters. The van der Waals surface area contributed by atoms with Crippen LogP contribution in [0.5, 0.6) is 5.75 Å². The molecule has 0 saturated heterocycles. The molecular weight excluding hydrogens is 386 g/mol. The van der Waals surface area contributed by atoms with Gasteiger partial charge in [0.1, 0.15) is 11.6 Å². The number of nitrogens with zero attached hydrogens (tertiary/aromatic N) is 3. The molecule has 29 heavy (non-hydrogen) atoms. The number of carbonyl (C=O) groups excluding carboxylic acids is 1. The molecule has 0 saturated carbocycles. The summed E-state index contributed by atoms with van der Waals surface area (Å²) in [5.41, 5.74) is 2.37. The van der Waals surface area contributed by atoms with Crippen molar-refractivity contribution in [2.24, 2.45) is 0 Å². The first kappa shape index (κ1) is 21.2. The largest absolute Gasteiger partial charge is 0.508 e. The number of phenolic OH excluding ortho intramolecular Hbond substituents is 1. The highest BCUT2D eigenvalue weighted by Crippen LogP contribution is 2.23. The van der Waals surface area contributed by atoms with Gasteiger partial charge in [0.2, 0.25) is 0 Å². The van der Waals surface area contributed by atoms with Crippen molar-refractivity contribution in [3.8, 4) is 5.75 Å². The van der Waals surface area contributed by atoms with Gasteiger partial charge in [-0.25, -0.2) is 4.98 Å². The summed E-state index contributed by atoms with van der Waals surface area (Å²) in [5.74, 6) is 0.858. The van der Waals surface area contributed by atoms with Gasteiger partial charge in [0, 0.05) is 23.7 Å². The number of phenols is 1. The Morgan fingerprint density at radius 2 is 1.97 bits per heavy atom. The number of rotatable bonds is 9. The van der Waals surface area contributed by atoms with E-state index in [2.05, 4.69) is 18.4 Å². The van der Waals surface area contributed by atoms with Crippen molar-refractivity contribution in [2.45, 2.75) is 52.6 Å². The molecule has 154 valence electrons. The quantitative estimate of drug-likeness (QED) is 0.462. The Morgan fingerprint density at radius 1 is 1.14 bits per heavy atom. The molecule has 0 aliphatic heterocycles. The Hall–Kier alpha value is -2.53. The highest BCUT2D eigenvalue weighted by molar-refractivity contribution is 6.31. The number of aromatic nitrogens is 2. The number of fused-ring (bicyclic) bond motifs is 1. The van der Waals surface area contributed by atoms with Crippen molar-refractivity contribution in [1.29, 1.82) is 0 Å². The summed E-state index contributed by atoms with van der Waals surface area (Å²) in [5, 5.41) is 10.5. The van der Waals surface area contributed by atoms with Crippen LogP contribution in [0.1, 0.15) is 55.7 Å². The van der Waals surface area contributed by atoms with Crippen LogP contribution < -0.4 is 0 Å². The molecule has 0 fully saturated rings. The summed E-state index contributed by atoms with van der Waals surface area (Å²) in [7, 11) is 0. The number of halogens is 1. The minimum absolute atomic E-state index is 0.0925. The van der Waals surface area contributed by atoms with Crippen molar-refractivity contribution in [1.82, 2.24) is 14.5 Å². The van der Waals surface area contributed by atoms with Crippen LogP contribution >= 0.6 is 11.6 Å². The van der Waals surface area contributed by atoms with Crippen LogP contribution in [0, 0.1) is 0 Å². The van der Waals surface area contributed by atoms with Gasteiger partial charge in [-0.3, -0.25) is 4.79 Å². The average molecular weight is 414 g/mol. The number of hydrogen-bond donors (Lipinski definition) is 1. The molecule has 2 aromatic carbocycles. The molecule has 5 nitrogen and oxygen atoms in total. The molecule has 3 aromatic rings. The first-order valence-electron chi connectivity index (χ1n) is 10.3. The number of carbonyl (C=O) groups is 1. The second-order valence-electron chi connectivity index (χ2n) is 7.30. The SMILES string of the molecule is CCCCCN(Cc1nc2ccc(Cl)cc2n1CCC)C(=O)c1cccc(O)c1. The molecular formula is C23H28ClN3O2. The van der Waals surface area contributed by atoms with Gasteiger partial charge in [-0.1, -0.05) is 44.4 Å². The highest BCUT2D eigenvalue weighted by atomic mass is 35.5. The van der Waals surface area contributed by atoms with E-state index in [0.29, 0.717) is 23.7 Å². The fraction of sp³-hybridized carbons (Fsp3) is 0.391. The fourth-order valence-electron chi connectivity index (χ4n) is 3.54. The maximum Gasteiger partial charge on any atom is 0.254 e. The first-order valence-corrected chi connectivity index (χ1v) is 10.6. The van der Waals surface area contributed by atoms with Crippen LogP contribution in [0.3, 0.4) is 0 Å². The normalized spacial score (nSPS) is 11.1. The first-order chi connectivity index (χ1) is 14.0. The van der Waals surface area contributed by atoms with Gasteiger partial charge in [-0.05, 0) is 49.2 Å². The van der Waals surface area contributed by atoms with E-state index in [1.807, 2.05) is 23.1 Å². The van der Waals surface area contributed by atoms with Crippen LogP contribution in [-0.2, 0) is 13.1 Å². The van der Waals surface area contributed by atoms with Crippen molar-refractivity contribution >= 4 is 28.5 Å². The van der Waals surface area contributed by atoms with Crippen LogP contribution in [0.25, 0.3) is 11.0 Å². The summed E-state index contributed by atoms with van der Waals surface area (Å²) in [6.45, 7) is 6.15. The van der Waals surface area contributed by atoms with E-state index in [0.717, 1.165) is 49.1 Å². The van der Waals surface area contributed by atoms with E-state index in [-0.39, 0.29) is 11.7 Å². The predicted molar refractivity (Wildman–Crippen MR) is 117 cm³/mol. The third kappa shape index (κ3) is 5.10. The van der Waals surface area contributed by atoms with Gasteiger partial charge in [0.15, 0.2) is 0 Å². The monoisotopic (exact) mass is 413 g/mol. The van der Waals surface area contributed by atoms with Crippen molar-refractivity contribution < 1.29 is 9.90 Å². The average Bonchev–Trinajstić information content (AvgIpc) is 3.03. The molecule has 1 N–H and O–H groups in total. The summed E-state index contributed by atoms with van der Waals surface area (Å²) in [4.78, 5) is 19.8. The molecule has 1 heterocycles. The Labute approximate surface area is 176 Å². The predicted octanol–water partition coefficient (Wildman–Crippen LogP) is 5.64. The molecule has 0 radical (unpaired) electrons. The zero-order chi connectivity index (χ0) is 20.8. The van der Waals surface area contributed by atoms with E-state index in [1.165, 1.54) is 6.07 Å². The van der Waals surface area contributed by atoms with E-state index in [1.54, 1.807) is 18.2 Å². The van der Waals surface area contributed by atoms with E-state index in [9.17, 15) is 9.90 Å². The topological polar surface area (TPSA) is 58.4 Å². The van der Waals surface area contributed by atoms with Gasteiger partial charge >= 0.3 is 0 Å². The lowest BCUT2D eigenvalue weighted by atomic mass is 10.1. The number of imidazole rings is 1. The summed E-state index contributed by atoms with van der Waals surface area (Å²) in [6, 6.07) is 12.2. The number of amides is 1. The smallest absolute Gasteiger partial charge is 0.254 e. The zero-order valence-electron chi connectivity index (χ0n) is 17.1. The van der Waals surface area contributed by atoms with Gasteiger partial charge in [-0.2, -0.15) is 0 Å². The van der Waals surface area contributed by atoms with Crippen LogP contribution in [-0.4, -0.2) is 32.0 Å². The van der Waals surface area contributed by atoms with Gasteiger partial charge in [-0.15, -0.1) is 0 Å². The Balaban J connectivity index is 1.94. The Kier molecular flexibility index (Phi) is 7.15. The van der Waals surface area contributed by atoms with E-state index in [4.69, 9.17) is 16.6 Å². The standard InChI is InChI=1S/C23H28ClN3O2/c1-3-5-6-13-26(23(29)17-8-7-9-19(28)14-17)16-22-25-20-11-10-18(24)15-21(20)27(22)12-4-2/h7-11,14-15,28H,3-6,12-13,16H2,1-2H3. The molecule has 1 amide bonds. The van der Waals surface area contributed by atoms with Crippen molar-refractivity contribution in [3.05, 3.63) is 58.9 Å². The third-order valence-electron chi connectivity index (χ3n) is 4.98. The minimum atomic E-state index is -0.0925. The molecule has 0 aliphatic rings. The van der Waals surface area contributed by atoms with Crippen molar-refractivity contribution in [2.75, 3.05) is 6.54 Å². The number of aryl methyl sites for hydroxylation is 1. The minimum Gasteiger partial charge on any atom is -0.508 e. The molecule has 0 bridgehead atoms. The molecule has 0 aliphatic carbocycles. The molecule has 3 rings (SSSR count). The lowest BCUT2D eigenvalue weighted by Crippen LogP contribution is -2.32. The Morgan fingerprint density at radius 3 is 2.69 bits per heavy atom. The molecule has 0 spiro atoms. The van der Waals surface area contributed by atoms with Gasteiger partial charge in [0.05, 0.1) is 17.6 Å². The second kappa shape index (κ2) is 9.79. The molecule has 1 aromatic heterocycles. The molecule has 6 heteroatoms. The fourth-order valence-corrected chi connectivity index (χ4v) is 3.70. The Bertz CT molecular complexity index is 983. The highest BCUT2D eigenvalue weighted by Gasteiger charge is 2.20. The van der Waals surface area contributed by atoms with E-state index < -0.39 is 0 Å². The molecule has 0 unspecified atom stereocenters. The lowest BCUT2D eigenvalue weighted by molar-refractivity contribution is 0.0733. The van der Waals surface area contributed by atoms with Gasteiger partial charge < -0.3 is 14.6 Å². The van der Waals surface area contributed by atoms with Gasteiger partial charge in [0.25, 0.3) is 5.91 Å². The van der Waals surface area contributed by atoms with Crippen LogP contribution in [0.4, 0.5) is 0 Å². The number of benzene rings is 2. The zero-order valence-corrected chi connectivity index (χ0v) is 17.8. The summed E-state index contributed by atoms with van der Waals surface area (Å²) in [6.07, 6.45) is 4.04. The summed E-state index contributed by atoms with van der Waals surface area (Å²) < 4.78 is 2.16.